The van der Waals surface area contributed by atoms with Crippen molar-refractivity contribution < 1.29 is 0 Å². The summed E-state index contributed by atoms with van der Waals surface area (Å²) in [7, 11) is 0. The van der Waals surface area contributed by atoms with Gasteiger partial charge >= 0.3 is 0 Å². The van der Waals surface area contributed by atoms with Crippen molar-refractivity contribution in [2.45, 2.75) is 83.1 Å². The van der Waals surface area contributed by atoms with E-state index >= 15 is 0 Å². The van der Waals surface area contributed by atoms with Crippen LogP contribution in [-0.2, 0) is 0 Å². The average Bonchev–Trinajstić information content (AvgIpc) is 1.52. The quantitative estimate of drug-likeness (QED) is 0.149. The molecule has 13 rings (SSSR count). The number of rotatable bonds is 8. The van der Waals surface area contributed by atoms with Gasteiger partial charge in [-0.1, -0.05) is 109 Å². The molecule has 2 aliphatic heterocycles. The lowest BCUT2D eigenvalue weighted by atomic mass is 9.86. The fourth-order valence-corrected chi connectivity index (χ4v) is 17.2. The molecule has 7 aromatic carbocycles. The lowest BCUT2D eigenvalue weighted by Crippen LogP contribution is -1.97. The number of allylic oxidation sites excluding steroid dienone is 6. The molecule has 8 heteroatoms. The predicted octanol–water partition coefficient (Wildman–Crippen LogP) is 24.3. The lowest BCUT2D eigenvalue weighted by Gasteiger charge is -2.18. The molecule has 0 amide bonds. The highest BCUT2D eigenvalue weighted by Crippen LogP contribution is 2.47. The second kappa shape index (κ2) is 23.3. The summed E-state index contributed by atoms with van der Waals surface area (Å²) in [6.45, 7) is 26.6. The molecule has 10 aromatic rings. The normalized spacial score (nSPS) is 12.8. The van der Waals surface area contributed by atoms with Crippen molar-refractivity contribution in [1.29, 1.82) is 0 Å². The van der Waals surface area contributed by atoms with Gasteiger partial charge in [0.15, 0.2) is 0 Å². The third-order valence-corrected chi connectivity index (χ3v) is 20.0. The van der Waals surface area contributed by atoms with Gasteiger partial charge in [-0.25, -0.2) is 9.97 Å². The van der Waals surface area contributed by atoms with Gasteiger partial charge in [-0.15, -0.1) is 0 Å². The summed E-state index contributed by atoms with van der Waals surface area (Å²) < 4.78 is 3.64. The molecule has 8 bridgehead atoms. The van der Waals surface area contributed by atoms with Crippen LogP contribution in [0, 0.1) is 89.2 Å². The van der Waals surface area contributed by atoms with E-state index in [4.69, 9.17) is 9.97 Å². The first kappa shape index (κ1) is 59.2. The minimum atomic E-state index is 0.804. The van der Waals surface area contributed by atoms with Crippen molar-refractivity contribution in [3.05, 3.63) is 259 Å². The third kappa shape index (κ3) is 10.7. The van der Waals surface area contributed by atoms with Gasteiger partial charge in [-0.05, 0) is 280 Å². The van der Waals surface area contributed by atoms with Crippen LogP contribution in [0.25, 0.3) is 130 Å². The SMILES string of the molecule is Cc1cc(C)c(-c2cc(-c3c(C)cc(C)cc3C)cc(-c3c4nc(c(-c5c(Br)cccc5Br)c5ccc([nH]5)c(-c5cc(-c6c(C)cc(C)cc6C)cc(-c6c(C)cc(C)cc6C)c5)c5nc(c(C6=C(Br)C=[C+]C=C6Br)c6ccc3[nH]6)C=C5)C=C4)c2)c(C)c1. The third-order valence-electron chi connectivity index (χ3n) is 17.4. The highest BCUT2D eigenvalue weighted by Gasteiger charge is 2.29. The van der Waals surface area contributed by atoms with E-state index in [0.717, 1.165) is 130 Å². The van der Waals surface area contributed by atoms with Gasteiger partial charge in [0.25, 0.3) is 0 Å². The summed E-state index contributed by atoms with van der Waals surface area (Å²) in [6, 6.07) is 47.8. The number of H-pyrrole nitrogens is 2. The largest absolute Gasteiger partial charge is 0.354 e. The van der Waals surface area contributed by atoms with E-state index in [9.17, 15) is 0 Å². The number of hydrogen-bond donors (Lipinski definition) is 2. The maximum atomic E-state index is 5.83. The first-order chi connectivity index (χ1) is 42.2. The minimum absolute atomic E-state index is 0.804. The van der Waals surface area contributed by atoms with Gasteiger partial charge in [0.1, 0.15) is 26.7 Å². The molecule has 3 aliphatic rings. The molecular weight excluding hydrogens is 1340 g/mol. The van der Waals surface area contributed by atoms with Crippen LogP contribution in [0.4, 0.5) is 0 Å². The van der Waals surface area contributed by atoms with E-state index in [-0.39, 0.29) is 0 Å². The fourth-order valence-electron chi connectivity index (χ4n) is 14.4. The van der Waals surface area contributed by atoms with Crippen LogP contribution >= 0.6 is 63.7 Å². The van der Waals surface area contributed by atoms with E-state index < -0.39 is 0 Å². The zero-order valence-electron chi connectivity index (χ0n) is 51.5. The standard InChI is InChI=1S/C80H65Br4N4/c1-41-27-45(5)71(46(6)28-41)53-35-54(72-47(7)29-42(2)30-48(72)8)38-57(37-53)75-63-19-23-67(85-63)79(77-59(81)15-13-16-60(77)82)69-25-21-65(87-69)76(66-22-26-70(88-66)80(68-24-20-64(75)86-68)78-61(83)17-14-18-62(78)84)58-39-55(73-49(9)31-43(3)32-50(73)10)36-56(40-58)74-51(11)33-44(4)34-52(74)12/h13,15-40,85,88H,1-12H3/q+1. The van der Waals surface area contributed by atoms with Gasteiger partial charge in [0.05, 0.1) is 33.9 Å². The topological polar surface area (TPSA) is 57.4 Å². The number of aryl methyl sites for hydroxylation is 12. The van der Waals surface area contributed by atoms with Crippen LogP contribution in [0.1, 0.15) is 95.1 Å². The van der Waals surface area contributed by atoms with E-state index in [0.29, 0.717) is 0 Å². The maximum Gasteiger partial charge on any atom is 0.139 e. The molecular formula is C80H65Br4N4+. The Morgan fingerprint density at radius 1 is 0.318 bits per heavy atom. The monoisotopic (exact) mass is 1400 g/mol. The number of halogens is 4. The number of aromatic nitrogens is 4. The van der Waals surface area contributed by atoms with Gasteiger partial charge in [0, 0.05) is 85.7 Å². The first-order valence-corrected chi connectivity index (χ1v) is 32.9. The molecule has 4 nitrogen and oxygen atoms in total. The molecule has 0 atom stereocenters. The number of aromatic amines is 2. The first-order valence-electron chi connectivity index (χ1n) is 29.8. The van der Waals surface area contributed by atoms with Crippen molar-refractivity contribution in [1.82, 2.24) is 19.9 Å². The zero-order chi connectivity index (χ0) is 61.7. The van der Waals surface area contributed by atoms with Gasteiger partial charge in [0.2, 0.25) is 0 Å². The van der Waals surface area contributed by atoms with E-state index in [1.807, 2.05) is 12.2 Å². The number of nitrogens with zero attached hydrogens (tertiary/aromatic N) is 2. The molecule has 0 fully saturated rings. The predicted molar refractivity (Wildman–Crippen MR) is 390 cm³/mol. The minimum Gasteiger partial charge on any atom is -0.354 e. The number of fused-ring (bicyclic) bond motifs is 8. The van der Waals surface area contributed by atoms with Gasteiger partial charge in [-0.3, -0.25) is 0 Å². The van der Waals surface area contributed by atoms with Crippen LogP contribution in [0.5, 0.6) is 0 Å². The molecule has 0 saturated carbocycles. The van der Waals surface area contributed by atoms with E-state index in [1.54, 1.807) is 0 Å². The molecule has 0 spiro atoms. The molecule has 432 valence electrons. The van der Waals surface area contributed by atoms with E-state index in [1.165, 1.54) is 89.0 Å². The average molecular weight is 1400 g/mol. The molecule has 2 N–H and O–H groups in total. The molecule has 1 aliphatic carbocycles. The second-order valence-corrected chi connectivity index (χ2v) is 27.7. The lowest BCUT2D eigenvalue weighted by molar-refractivity contribution is 1.29. The van der Waals surface area contributed by atoms with Crippen LogP contribution in [0.15, 0.2) is 157 Å². The summed E-state index contributed by atoms with van der Waals surface area (Å²) in [5.74, 6) is 0. The Labute approximate surface area is 550 Å². The Balaban J connectivity index is 1.20. The van der Waals surface area contributed by atoms with Gasteiger partial charge < -0.3 is 9.97 Å². The van der Waals surface area contributed by atoms with Crippen LogP contribution < -0.4 is 0 Å². The zero-order valence-corrected chi connectivity index (χ0v) is 57.8. The van der Waals surface area contributed by atoms with Crippen molar-refractivity contribution >= 4 is 116 Å². The van der Waals surface area contributed by atoms with Gasteiger partial charge in [-0.2, -0.15) is 0 Å². The van der Waals surface area contributed by atoms with Crippen molar-refractivity contribution in [2.24, 2.45) is 0 Å². The van der Waals surface area contributed by atoms with Crippen molar-refractivity contribution in [3.63, 3.8) is 0 Å². The number of benzene rings is 7. The molecule has 88 heavy (non-hydrogen) atoms. The summed E-state index contributed by atoms with van der Waals surface area (Å²) in [5, 5.41) is 0. The summed E-state index contributed by atoms with van der Waals surface area (Å²) in [6.07, 6.45) is 16.0. The van der Waals surface area contributed by atoms with Crippen molar-refractivity contribution in [3.8, 4) is 77.9 Å². The Hall–Kier alpha value is -7.81. The fraction of sp³-hybridized carbons (Fsp3) is 0.150. The van der Waals surface area contributed by atoms with E-state index in [2.05, 4.69) is 315 Å². The molecule has 0 radical (unpaired) electrons. The Bertz CT molecular complexity index is 4610. The number of hydrogen-bond acceptors (Lipinski definition) is 2. The number of nitrogens with one attached hydrogen (secondary N) is 2. The summed E-state index contributed by atoms with van der Waals surface area (Å²) >= 11 is 16.2. The summed E-state index contributed by atoms with van der Waals surface area (Å²) in [5.41, 5.74) is 39.1. The maximum absolute atomic E-state index is 5.83. The molecule has 0 unspecified atom stereocenters. The molecule has 3 aromatic heterocycles. The molecule has 0 saturated heterocycles. The van der Waals surface area contributed by atoms with Crippen molar-refractivity contribution in [2.75, 3.05) is 0 Å². The Kier molecular flexibility index (Phi) is 15.7. The van der Waals surface area contributed by atoms with Crippen LogP contribution in [0.3, 0.4) is 0 Å². The second-order valence-electron chi connectivity index (χ2n) is 24.3. The highest BCUT2D eigenvalue weighted by molar-refractivity contribution is 9.12. The van der Waals surface area contributed by atoms with Crippen LogP contribution in [0.2, 0.25) is 0 Å². The summed E-state index contributed by atoms with van der Waals surface area (Å²) in [4.78, 5) is 19.8. The Morgan fingerprint density at radius 2 is 0.602 bits per heavy atom. The van der Waals surface area contributed by atoms with Crippen LogP contribution in [-0.4, -0.2) is 19.9 Å². The smallest absolute Gasteiger partial charge is 0.139 e. The Morgan fingerprint density at radius 3 is 0.932 bits per heavy atom. The molecule has 5 heterocycles. The highest BCUT2D eigenvalue weighted by atomic mass is 79.9.